The van der Waals surface area contributed by atoms with Crippen LogP contribution in [0.15, 0.2) is 4.99 Å². The third-order valence-electron chi connectivity index (χ3n) is 4.47. The molecule has 10 heteroatoms. The smallest absolute Gasteiger partial charge is 0.435 e. The van der Waals surface area contributed by atoms with Gasteiger partial charge in [0.1, 0.15) is 11.4 Å². The molecule has 0 bridgehead atoms. The van der Waals surface area contributed by atoms with Gasteiger partial charge in [0.15, 0.2) is 11.6 Å². The fraction of sp³-hybridized carbons (Fsp3) is 0.650. The summed E-state index contributed by atoms with van der Waals surface area (Å²) in [5.74, 6) is -1.01. The first-order valence-electron chi connectivity index (χ1n) is 9.96. The van der Waals surface area contributed by atoms with E-state index in [1.54, 1.807) is 13.8 Å². The second kappa shape index (κ2) is 10.2. The van der Waals surface area contributed by atoms with Crippen LogP contribution in [0.5, 0.6) is 0 Å². The highest BCUT2D eigenvalue weighted by Gasteiger charge is 2.41. The molecule has 1 fully saturated rings. The van der Waals surface area contributed by atoms with Crippen LogP contribution in [0, 0.1) is 5.92 Å². The topological polar surface area (TPSA) is 63.6 Å². The number of carbonyl (C=O) groups excluding carboxylic acids is 1. The number of ether oxygens (including phenoxy) is 1. The molecule has 1 saturated heterocycles. The second-order valence-electron chi connectivity index (χ2n) is 7.51. The molecule has 1 aliphatic heterocycles. The van der Waals surface area contributed by atoms with Crippen molar-refractivity contribution in [1.29, 1.82) is 0 Å². The van der Waals surface area contributed by atoms with Crippen molar-refractivity contribution in [1.82, 2.24) is 10.3 Å². The van der Waals surface area contributed by atoms with Crippen LogP contribution >= 0.6 is 0 Å². The van der Waals surface area contributed by atoms with Crippen molar-refractivity contribution in [2.24, 2.45) is 10.9 Å². The highest BCUT2D eigenvalue weighted by Crippen LogP contribution is 2.42. The van der Waals surface area contributed by atoms with Gasteiger partial charge in [-0.3, -0.25) is 4.79 Å². The molecule has 2 heterocycles. The van der Waals surface area contributed by atoms with Gasteiger partial charge >= 0.3 is 6.18 Å². The van der Waals surface area contributed by atoms with Gasteiger partial charge in [-0.1, -0.05) is 27.2 Å². The van der Waals surface area contributed by atoms with Crippen molar-refractivity contribution in [3.8, 4) is 0 Å². The Hall–Kier alpha value is -2.26. The Morgan fingerprint density at radius 3 is 2.50 bits per heavy atom. The number of aliphatic imine (C=N–C) groups is 1. The zero-order chi connectivity index (χ0) is 22.5. The number of carbonyl (C=O) groups is 1. The monoisotopic (exact) mass is 435 g/mol. The average molecular weight is 435 g/mol. The zero-order valence-electron chi connectivity index (χ0n) is 17.2. The second-order valence-corrected chi connectivity index (χ2v) is 7.51. The van der Waals surface area contributed by atoms with E-state index in [1.165, 1.54) is 0 Å². The molecule has 2 rings (SSSR count). The molecule has 1 aromatic rings. The minimum atomic E-state index is -5.02. The summed E-state index contributed by atoms with van der Waals surface area (Å²) >= 11 is 0. The van der Waals surface area contributed by atoms with Gasteiger partial charge in [-0.2, -0.15) is 13.2 Å². The van der Waals surface area contributed by atoms with Crippen molar-refractivity contribution >= 4 is 17.5 Å². The summed E-state index contributed by atoms with van der Waals surface area (Å²) in [5.41, 5.74) is -4.03. The lowest BCUT2D eigenvalue weighted by atomic mass is 9.93. The first-order valence-corrected chi connectivity index (χ1v) is 9.96. The van der Waals surface area contributed by atoms with E-state index in [9.17, 15) is 26.7 Å². The third kappa shape index (κ3) is 5.89. The van der Waals surface area contributed by atoms with E-state index in [1.807, 2.05) is 6.92 Å². The van der Waals surface area contributed by atoms with Crippen LogP contribution < -0.4 is 5.32 Å². The highest BCUT2D eigenvalue weighted by atomic mass is 19.4. The van der Waals surface area contributed by atoms with Crippen molar-refractivity contribution in [2.45, 2.75) is 65.5 Å². The number of halogens is 5. The fourth-order valence-corrected chi connectivity index (χ4v) is 3.15. The lowest BCUT2D eigenvalue weighted by Gasteiger charge is -2.21. The molecule has 0 spiro atoms. The normalized spacial score (nSPS) is 15.9. The van der Waals surface area contributed by atoms with Gasteiger partial charge in [0.05, 0.1) is 12.2 Å². The SMILES string of the molecule is CCCCNC(=O)c1c(C(F)F)nc(C(F)(F)F)c(N=C2CCCO2)c1CC(C)C. The van der Waals surface area contributed by atoms with Crippen molar-refractivity contribution in [3.63, 3.8) is 0 Å². The number of amides is 1. The summed E-state index contributed by atoms with van der Waals surface area (Å²) in [6.07, 6.45) is -6.15. The number of nitrogens with one attached hydrogen (secondary N) is 1. The molecule has 0 atom stereocenters. The maximum absolute atomic E-state index is 13.7. The van der Waals surface area contributed by atoms with E-state index in [0.717, 1.165) is 6.42 Å². The van der Waals surface area contributed by atoms with E-state index >= 15 is 0 Å². The van der Waals surface area contributed by atoms with Crippen LogP contribution in [0.3, 0.4) is 0 Å². The van der Waals surface area contributed by atoms with Gasteiger partial charge in [0.2, 0.25) is 0 Å². The molecular weight excluding hydrogens is 409 g/mol. The predicted molar refractivity (Wildman–Crippen MR) is 102 cm³/mol. The van der Waals surface area contributed by atoms with Gasteiger partial charge in [-0.15, -0.1) is 0 Å². The lowest BCUT2D eigenvalue weighted by molar-refractivity contribution is -0.140. The number of hydrogen-bond donors (Lipinski definition) is 1. The van der Waals surface area contributed by atoms with Crippen LogP contribution in [0.25, 0.3) is 0 Å². The van der Waals surface area contributed by atoms with E-state index < -0.39 is 41.1 Å². The Morgan fingerprint density at radius 2 is 2.00 bits per heavy atom. The predicted octanol–water partition coefficient (Wildman–Crippen LogP) is 5.61. The molecule has 0 saturated carbocycles. The number of nitrogens with zero attached hydrogens (tertiary/aromatic N) is 2. The molecule has 168 valence electrons. The van der Waals surface area contributed by atoms with Crippen molar-refractivity contribution < 1.29 is 31.5 Å². The summed E-state index contributed by atoms with van der Waals surface area (Å²) in [5, 5.41) is 2.51. The van der Waals surface area contributed by atoms with E-state index in [-0.39, 0.29) is 30.3 Å². The van der Waals surface area contributed by atoms with Crippen LogP contribution in [-0.4, -0.2) is 29.9 Å². The minimum Gasteiger partial charge on any atom is -0.481 e. The minimum absolute atomic E-state index is 0.0477. The number of rotatable bonds is 8. The molecule has 5 nitrogen and oxygen atoms in total. The van der Waals surface area contributed by atoms with E-state index in [0.29, 0.717) is 25.9 Å². The summed E-state index contributed by atoms with van der Waals surface area (Å²) in [7, 11) is 0. The van der Waals surface area contributed by atoms with Gasteiger partial charge in [-0.25, -0.2) is 18.8 Å². The quantitative estimate of drug-likeness (QED) is 0.427. The van der Waals surface area contributed by atoms with Crippen LogP contribution in [0.2, 0.25) is 0 Å². The third-order valence-corrected chi connectivity index (χ3v) is 4.47. The molecule has 1 aromatic heterocycles. The lowest BCUT2D eigenvalue weighted by Crippen LogP contribution is -2.29. The van der Waals surface area contributed by atoms with E-state index in [4.69, 9.17) is 4.74 Å². The van der Waals surface area contributed by atoms with Crippen LogP contribution in [-0.2, 0) is 17.3 Å². The number of hydrogen-bond acceptors (Lipinski definition) is 4. The molecule has 0 aromatic carbocycles. The molecule has 30 heavy (non-hydrogen) atoms. The van der Waals surface area contributed by atoms with Crippen molar-refractivity contribution in [2.75, 3.05) is 13.2 Å². The van der Waals surface area contributed by atoms with Crippen LogP contribution in [0.4, 0.5) is 27.6 Å². The standard InChI is InChI=1S/C20H26F5N3O2/c1-4-5-8-26-19(29)14-12(10-11(2)3)15(27-13-7-6-9-30-13)17(20(23,24)25)28-16(14)18(21)22/h11,18H,4-10H2,1-3H3,(H,26,29). The number of aromatic nitrogens is 1. The summed E-state index contributed by atoms with van der Waals surface area (Å²) in [6.45, 7) is 5.85. The maximum Gasteiger partial charge on any atom is 0.435 e. The molecule has 1 N–H and O–H groups in total. The van der Waals surface area contributed by atoms with Gasteiger partial charge in [0.25, 0.3) is 12.3 Å². The molecule has 0 unspecified atom stereocenters. The molecule has 1 amide bonds. The summed E-state index contributed by atoms with van der Waals surface area (Å²) in [6, 6.07) is 0. The number of alkyl halides is 5. The average Bonchev–Trinajstić information content (AvgIpc) is 3.14. The zero-order valence-corrected chi connectivity index (χ0v) is 17.2. The highest BCUT2D eigenvalue weighted by molar-refractivity contribution is 5.98. The van der Waals surface area contributed by atoms with Crippen LogP contribution in [0.1, 0.15) is 80.2 Å². The molecule has 0 radical (unpaired) electrons. The largest absolute Gasteiger partial charge is 0.481 e. The van der Waals surface area contributed by atoms with E-state index in [2.05, 4.69) is 15.3 Å². The summed E-state index contributed by atoms with van der Waals surface area (Å²) in [4.78, 5) is 20.0. The number of pyridine rings is 1. The Kier molecular flexibility index (Phi) is 8.14. The van der Waals surface area contributed by atoms with Crippen molar-refractivity contribution in [3.05, 3.63) is 22.5 Å². The molecular formula is C20H26F5N3O2. The maximum atomic E-state index is 13.7. The Balaban J connectivity index is 2.79. The number of unbranched alkanes of at least 4 members (excludes halogenated alkanes) is 1. The molecule has 1 aliphatic rings. The Morgan fingerprint density at radius 1 is 1.30 bits per heavy atom. The Bertz CT molecular complexity index is 784. The molecule has 0 aliphatic carbocycles. The van der Waals surface area contributed by atoms with Gasteiger partial charge < -0.3 is 10.1 Å². The first kappa shape index (κ1) is 24.0. The van der Waals surface area contributed by atoms with Gasteiger partial charge in [0, 0.05) is 13.0 Å². The fourth-order valence-electron chi connectivity index (χ4n) is 3.15. The van der Waals surface area contributed by atoms with Gasteiger partial charge in [-0.05, 0) is 30.7 Å². The Labute approximate surface area is 172 Å². The first-order chi connectivity index (χ1) is 14.1. The summed E-state index contributed by atoms with van der Waals surface area (Å²) < 4.78 is 73.9.